The summed E-state index contributed by atoms with van der Waals surface area (Å²) < 4.78 is 11.2. The summed E-state index contributed by atoms with van der Waals surface area (Å²) in [7, 11) is 0. The van der Waals surface area contributed by atoms with Gasteiger partial charge in [-0.1, -0.05) is 18.5 Å². The zero-order valence-electron chi connectivity index (χ0n) is 14.2. The number of fused-ring (bicyclic) bond motifs is 2. The molecular formula is C19H21ClN2O3. The van der Waals surface area contributed by atoms with Crippen molar-refractivity contribution in [3.05, 3.63) is 28.9 Å². The third kappa shape index (κ3) is 3.25. The maximum Gasteiger partial charge on any atom is 0.254 e. The lowest BCUT2D eigenvalue weighted by atomic mass is 9.87. The van der Waals surface area contributed by atoms with Crippen LogP contribution in [0.4, 0.5) is 0 Å². The normalized spacial score (nSPS) is 22.6. The molecule has 1 amide bonds. The van der Waals surface area contributed by atoms with Gasteiger partial charge in [-0.15, -0.1) is 0 Å². The Morgan fingerprint density at radius 1 is 1.16 bits per heavy atom. The maximum atomic E-state index is 12.7. The van der Waals surface area contributed by atoms with E-state index in [1.165, 1.54) is 0 Å². The number of carbonyl (C=O) groups excluding carboxylic acids is 1. The highest BCUT2D eigenvalue weighted by atomic mass is 35.5. The number of rotatable bonds is 2. The Morgan fingerprint density at radius 2 is 1.84 bits per heavy atom. The first kappa shape index (κ1) is 16.5. The van der Waals surface area contributed by atoms with E-state index >= 15 is 0 Å². The highest BCUT2D eigenvalue weighted by Crippen LogP contribution is 2.37. The van der Waals surface area contributed by atoms with Crippen LogP contribution in [0, 0.1) is 5.92 Å². The molecule has 0 unspecified atom stereocenters. The standard InChI is InChI=1S/C19H21ClN2O3/c1-11-2-4-12(5-3-11)22-19(23)14-10-21-15-9-17-16(24-6-7-25-17)8-13(15)18(14)20/h8-12H,2-7H2,1H3,(H,22,23). The van der Waals surface area contributed by atoms with E-state index in [9.17, 15) is 4.79 Å². The minimum Gasteiger partial charge on any atom is -0.486 e. The molecule has 2 aromatic rings. The molecule has 1 N–H and O–H groups in total. The van der Waals surface area contributed by atoms with Crippen LogP contribution < -0.4 is 14.8 Å². The highest BCUT2D eigenvalue weighted by Gasteiger charge is 2.23. The van der Waals surface area contributed by atoms with Crippen LogP contribution in [-0.4, -0.2) is 30.1 Å². The maximum absolute atomic E-state index is 12.7. The summed E-state index contributed by atoms with van der Waals surface area (Å²) in [5.41, 5.74) is 1.10. The Labute approximate surface area is 151 Å². The lowest BCUT2D eigenvalue weighted by Gasteiger charge is -2.27. The van der Waals surface area contributed by atoms with Crippen molar-refractivity contribution < 1.29 is 14.3 Å². The van der Waals surface area contributed by atoms with E-state index in [2.05, 4.69) is 17.2 Å². The van der Waals surface area contributed by atoms with E-state index in [0.29, 0.717) is 46.2 Å². The molecular weight excluding hydrogens is 340 g/mol. The lowest BCUT2D eigenvalue weighted by Crippen LogP contribution is -2.37. The largest absolute Gasteiger partial charge is 0.486 e. The number of pyridine rings is 1. The molecule has 5 nitrogen and oxygen atoms in total. The molecule has 0 spiro atoms. The number of ether oxygens (including phenoxy) is 2. The van der Waals surface area contributed by atoms with E-state index in [1.807, 2.05) is 0 Å². The van der Waals surface area contributed by atoms with E-state index in [-0.39, 0.29) is 11.9 Å². The van der Waals surface area contributed by atoms with Crippen molar-refractivity contribution in [1.82, 2.24) is 10.3 Å². The molecule has 6 heteroatoms. The second-order valence-electron chi connectivity index (χ2n) is 6.93. The summed E-state index contributed by atoms with van der Waals surface area (Å²) in [6.45, 7) is 3.28. The summed E-state index contributed by atoms with van der Waals surface area (Å²) in [6.07, 6.45) is 5.88. The molecule has 1 aromatic heterocycles. The van der Waals surface area contributed by atoms with Crippen molar-refractivity contribution in [1.29, 1.82) is 0 Å². The van der Waals surface area contributed by atoms with Crippen LogP contribution in [0.25, 0.3) is 10.9 Å². The number of nitrogens with zero attached hydrogens (tertiary/aromatic N) is 1. The van der Waals surface area contributed by atoms with Gasteiger partial charge in [0.05, 0.1) is 16.1 Å². The fourth-order valence-electron chi connectivity index (χ4n) is 3.52. The SMILES string of the molecule is CC1CCC(NC(=O)c2cnc3cc4c(cc3c2Cl)OCCO4)CC1. The number of hydrogen-bond acceptors (Lipinski definition) is 4. The van der Waals surface area contributed by atoms with Gasteiger partial charge in [-0.25, -0.2) is 0 Å². The average molecular weight is 361 g/mol. The second-order valence-corrected chi connectivity index (χ2v) is 7.31. The predicted octanol–water partition coefficient (Wildman–Crippen LogP) is 3.97. The summed E-state index contributed by atoms with van der Waals surface area (Å²) in [5, 5.41) is 4.21. The van der Waals surface area contributed by atoms with Gasteiger partial charge in [0.25, 0.3) is 5.91 Å². The molecule has 0 radical (unpaired) electrons. The minimum atomic E-state index is -0.158. The van der Waals surface area contributed by atoms with Crippen molar-refractivity contribution in [3.63, 3.8) is 0 Å². The second kappa shape index (κ2) is 6.71. The van der Waals surface area contributed by atoms with E-state index in [0.717, 1.165) is 31.6 Å². The van der Waals surface area contributed by atoms with Crippen LogP contribution in [0.3, 0.4) is 0 Å². The van der Waals surface area contributed by atoms with Crippen molar-refractivity contribution >= 4 is 28.4 Å². The zero-order chi connectivity index (χ0) is 17.4. The van der Waals surface area contributed by atoms with E-state index < -0.39 is 0 Å². The molecule has 25 heavy (non-hydrogen) atoms. The Balaban J connectivity index is 1.61. The van der Waals surface area contributed by atoms with Gasteiger partial charge in [0.1, 0.15) is 13.2 Å². The number of nitrogens with one attached hydrogen (secondary N) is 1. The first-order valence-corrected chi connectivity index (χ1v) is 9.18. The fraction of sp³-hybridized carbons (Fsp3) is 0.474. The van der Waals surface area contributed by atoms with E-state index in [1.54, 1.807) is 18.3 Å². The van der Waals surface area contributed by atoms with Gasteiger partial charge in [-0.05, 0) is 37.7 Å². The molecule has 0 bridgehead atoms. The summed E-state index contributed by atoms with van der Waals surface area (Å²) in [4.78, 5) is 17.1. The minimum absolute atomic E-state index is 0.158. The van der Waals surface area contributed by atoms with Crippen LogP contribution in [-0.2, 0) is 0 Å². The van der Waals surface area contributed by atoms with Gasteiger partial charge in [0.2, 0.25) is 0 Å². The number of hydrogen-bond donors (Lipinski definition) is 1. The molecule has 1 fully saturated rings. The fourth-order valence-corrected chi connectivity index (χ4v) is 3.81. The molecule has 2 aliphatic rings. The van der Waals surface area contributed by atoms with E-state index in [4.69, 9.17) is 21.1 Å². The number of amides is 1. The quantitative estimate of drug-likeness (QED) is 0.880. The zero-order valence-corrected chi connectivity index (χ0v) is 14.9. The first-order valence-electron chi connectivity index (χ1n) is 8.80. The van der Waals surface area contributed by atoms with Crippen LogP contribution in [0.15, 0.2) is 18.3 Å². The van der Waals surface area contributed by atoms with Crippen molar-refractivity contribution in [3.8, 4) is 11.5 Å². The molecule has 1 aliphatic heterocycles. The Kier molecular flexibility index (Phi) is 4.42. The Hall–Kier alpha value is -2.01. The van der Waals surface area contributed by atoms with Gasteiger partial charge in [0.15, 0.2) is 11.5 Å². The van der Waals surface area contributed by atoms with Crippen molar-refractivity contribution in [2.24, 2.45) is 5.92 Å². The predicted molar refractivity (Wildman–Crippen MR) is 96.6 cm³/mol. The van der Waals surface area contributed by atoms with Gasteiger partial charge < -0.3 is 14.8 Å². The Morgan fingerprint density at radius 3 is 2.56 bits per heavy atom. The first-order chi connectivity index (χ1) is 12.1. The molecule has 2 heterocycles. The molecule has 4 rings (SSSR count). The smallest absolute Gasteiger partial charge is 0.254 e. The molecule has 132 valence electrons. The van der Waals surface area contributed by atoms with Gasteiger partial charge in [0, 0.05) is 23.7 Å². The third-order valence-corrected chi connectivity index (χ3v) is 5.47. The lowest BCUT2D eigenvalue weighted by molar-refractivity contribution is 0.0923. The van der Waals surface area contributed by atoms with Crippen LogP contribution in [0.1, 0.15) is 43.0 Å². The van der Waals surface area contributed by atoms with Crippen LogP contribution in [0.2, 0.25) is 5.02 Å². The number of benzene rings is 1. The van der Waals surface area contributed by atoms with Crippen LogP contribution >= 0.6 is 11.6 Å². The van der Waals surface area contributed by atoms with Gasteiger partial charge >= 0.3 is 0 Å². The molecule has 1 aliphatic carbocycles. The van der Waals surface area contributed by atoms with Gasteiger partial charge in [-0.2, -0.15) is 0 Å². The average Bonchev–Trinajstić information content (AvgIpc) is 2.62. The van der Waals surface area contributed by atoms with Crippen molar-refractivity contribution in [2.45, 2.75) is 38.6 Å². The molecule has 1 saturated carbocycles. The van der Waals surface area contributed by atoms with Crippen LogP contribution in [0.5, 0.6) is 11.5 Å². The monoisotopic (exact) mass is 360 g/mol. The van der Waals surface area contributed by atoms with Gasteiger partial charge in [-0.3, -0.25) is 9.78 Å². The number of aromatic nitrogens is 1. The molecule has 1 aromatic carbocycles. The third-order valence-electron chi connectivity index (χ3n) is 5.06. The molecule has 0 saturated heterocycles. The summed E-state index contributed by atoms with van der Waals surface area (Å²) >= 11 is 6.52. The Bertz CT molecular complexity index is 816. The van der Waals surface area contributed by atoms with Crippen molar-refractivity contribution in [2.75, 3.05) is 13.2 Å². The summed E-state index contributed by atoms with van der Waals surface area (Å²) in [5.74, 6) is 1.89. The number of carbonyl (C=O) groups is 1. The highest BCUT2D eigenvalue weighted by molar-refractivity contribution is 6.38. The number of halogens is 1. The summed E-state index contributed by atoms with van der Waals surface area (Å²) in [6, 6.07) is 3.83. The molecule has 0 atom stereocenters. The topological polar surface area (TPSA) is 60.5 Å².